The molecule has 1 aromatic carbocycles. The molecule has 2 aromatic heterocycles. The Hall–Kier alpha value is -1.93. The first-order chi connectivity index (χ1) is 11.5. The number of nitrogens with one attached hydrogen (secondary N) is 1. The van der Waals surface area contributed by atoms with Crippen molar-refractivity contribution in [1.82, 2.24) is 20.3 Å². The summed E-state index contributed by atoms with van der Waals surface area (Å²) in [6.45, 7) is 8.27. The molecule has 0 atom stereocenters. The number of aromatic nitrogens is 4. The highest BCUT2D eigenvalue weighted by atomic mass is 32.2. The van der Waals surface area contributed by atoms with E-state index in [1.807, 2.05) is 26.0 Å². The SMILES string of the molecule is Cc1cccc(Nc2nnc(SCc3nc(C(C)C)no3)s2)c1C. The van der Waals surface area contributed by atoms with Crippen molar-refractivity contribution < 1.29 is 4.52 Å². The molecule has 3 rings (SSSR count). The molecule has 0 amide bonds. The van der Waals surface area contributed by atoms with Crippen LogP contribution in [0.5, 0.6) is 0 Å². The average molecular weight is 361 g/mol. The van der Waals surface area contributed by atoms with Crippen LogP contribution in [0.15, 0.2) is 27.1 Å². The molecule has 2 heterocycles. The Morgan fingerprint density at radius 2 is 2.08 bits per heavy atom. The molecular weight excluding hydrogens is 342 g/mol. The second-order valence-corrected chi connectivity index (χ2v) is 7.94. The van der Waals surface area contributed by atoms with Gasteiger partial charge in [0.15, 0.2) is 10.2 Å². The zero-order valence-electron chi connectivity index (χ0n) is 14.0. The average Bonchev–Trinajstić information content (AvgIpc) is 3.19. The molecule has 3 aromatic rings. The first-order valence-corrected chi connectivity index (χ1v) is 9.45. The van der Waals surface area contributed by atoms with E-state index in [4.69, 9.17) is 4.52 Å². The van der Waals surface area contributed by atoms with E-state index in [9.17, 15) is 0 Å². The van der Waals surface area contributed by atoms with Crippen LogP contribution in [0, 0.1) is 13.8 Å². The standard InChI is InChI=1S/C16H19N5OS2/c1-9(2)14-18-13(22-21-14)8-23-16-20-19-15(24-16)17-12-7-5-6-10(3)11(12)4/h5-7,9H,8H2,1-4H3,(H,17,19). The van der Waals surface area contributed by atoms with E-state index in [1.165, 1.54) is 22.5 Å². The van der Waals surface area contributed by atoms with Crippen molar-refractivity contribution in [1.29, 1.82) is 0 Å². The van der Waals surface area contributed by atoms with Crippen molar-refractivity contribution in [3.05, 3.63) is 41.0 Å². The second-order valence-electron chi connectivity index (χ2n) is 5.74. The van der Waals surface area contributed by atoms with Crippen LogP contribution in [0.2, 0.25) is 0 Å². The second kappa shape index (κ2) is 7.31. The zero-order chi connectivity index (χ0) is 17.1. The number of anilines is 2. The number of rotatable bonds is 6. The van der Waals surface area contributed by atoms with Gasteiger partial charge in [-0.2, -0.15) is 4.98 Å². The molecule has 1 N–H and O–H groups in total. The molecule has 8 heteroatoms. The molecule has 0 unspecified atom stereocenters. The Bertz CT molecular complexity index is 827. The summed E-state index contributed by atoms with van der Waals surface area (Å²) < 4.78 is 6.11. The molecule has 0 fully saturated rings. The predicted octanol–water partition coefficient (Wildman–Crippen LogP) is 4.70. The van der Waals surface area contributed by atoms with E-state index in [2.05, 4.69) is 45.6 Å². The van der Waals surface area contributed by atoms with E-state index in [0.717, 1.165) is 21.0 Å². The van der Waals surface area contributed by atoms with Gasteiger partial charge in [-0.25, -0.2) is 0 Å². The summed E-state index contributed by atoms with van der Waals surface area (Å²) in [6.07, 6.45) is 0. The van der Waals surface area contributed by atoms with Crippen LogP contribution in [-0.4, -0.2) is 20.3 Å². The monoisotopic (exact) mass is 361 g/mol. The van der Waals surface area contributed by atoms with Crippen molar-refractivity contribution >= 4 is 33.9 Å². The minimum atomic E-state index is 0.266. The molecule has 0 aliphatic heterocycles. The van der Waals surface area contributed by atoms with Gasteiger partial charge < -0.3 is 9.84 Å². The summed E-state index contributed by atoms with van der Waals surface area (Å²) in [5.74, 6) is 2.21. The van der Waals surface area contributed by atoms with Gasteiger partial charge in [-0.3, -0.25) is 0 Å². The van der Waals surface area contributed by atoms with Crippen LogP contribution in [0.1, 0.15) is 42.6 Å². The van der Waals surface area contributed by atoms with Gasteiger partial charge in [-0.05, 0) is 31.0 Å². The zero-order valence-corrected chi connectivity index (χ0v) is 15.7. The van der Waals surface area contributed by atoms with E-state index in [1.54, 1.807) is 11.8 Å². The van der Waals surface area contributed by atoms with Gasteiger partial charge in [-0.1, -0.05) is 54.2 Å². The van der Waals surface area contributed by atoms with Crippen molar-refractivity contribution in [2.45, 2.75) is 43.7 Å². The van der Waals surface area contributed by atoms with E-state index < -0.39 is 0 Å². The Morgan fingerprint density at radius 3 is 2.83 bits per heavy atom. The van der Waals surface area contributed by atoms with Gasteiger partial charge >= 0.3 is 0 Å². The number of hydrogen-bond acceptors (Lipinski definition) is 8. The normalized spacial score (nSPS) is 11.2. The molecule has 0 radical (unpaired) electrons. The van der Waals surface area contributed by atoms with Crippen molar-refractivity contribution in [3.8, 4) is 0 Å². The quantitative estimate of drug-likeness (QED) is 0.638. The number of hydrogen-bond donors (Lipinski definition) is 1. The molecule has 0 aliphatic rings. The van der Waals surface area contributed by atoms with E-state index in [0.29, 0.717) is 11.6 Å². The van der Waals surface area contributed by atoms with E-state index >= 15 is 0 Å². The maximum atomic E-state index is 5.24. The third-order valence-corrected chi connectivity index (χ3v) is 5.53. The number of benzene rings is 1. The number of thioether (sulfide) groups is 1. The van der Waals surface area contributed by atoms with Crippen LogP contribution in [-0.2, 0) is 5.75 Å². The van der Waals surface area contributed by atoms with Gasteiger partial charge in [0.2, 0.25) is 11.0 Å². The predicted molar refractivity (Wildman–Crippen MR) is 97.1 cm³/mol. The van der Waals surface area contributed by atoms with Crippen LogP contribution >= 0.6 is 23.1 Å². The van der Waals surface area contributed by atoms with Crippen molar-refractivity contribution in [3.63, 3.8) is 0 Å². The van der Waals surface area contributed by atoms with Gasteiger partial charge in [0, 0.05) is 11.6 Å². The fourth-order valence-electron chi connectivity index (χ4n) is 2.00. The highest BCUT2D eigenvalue weighted by Crippen LogP contribution is 2.31. The fraction of sp³-hybridized carbons (Fsp3) is 0.375. The summed E-state index contributed by atoms with van der Waals surface area (Å²) in [7, 11) is 0. The molecule has 6 nitrogen and oxygen atoms in total. The lowest BCUT2D eigenvalue weighted by molar-refractivity contribution is 0.383. The molecule has 24 heavy (non-hydrogen) atoms. The highest BCUT2D eigenvalue weighted by Gasteiger charge is 2.12. The topological polar surface area (TPSA) is 76.7 Å². The van der Waals surface area contributed by atoms with Gasteiger partial charge in [0.05, 0.1) is 5.75 Å². The first-order valence-electron chi connectivity index (χ1n) is 7.65. The lowest BCUT2D eigenvalue weighted by atomic mass is 10.1. The van der Waals surface area contributed by atoms with Crippen LogP contribution < -0.4 is 5.32 Å². The summed E-state index contributed by atoms with van der Waals surface area (Å²) in [5, 5.41) is 16.5. The lowest BCUT2D eigenvalue weighted by Crippen LogP contribution is -1.94. The third-order valence-electron chi connectivity index (χ3n) is 3.57. The van der Waals surface area contributed by atoms with Crippen LogP contribution in [0.3, 0.4) is 0 Å². The summed E-state index contributed by atoms with van der Waals surface area (Å²) >= 11 is 3.06. The van der Waals surface area contributed by atoms with Crippen LogP contribution in [0.4, 0.5) is 10.8 Å². The first kappa shape index (κ1) is 16.9. The fourth-order valence-corrected chi connectivity index (χ4v) is 3.61. The Labute approximate surface area is 149 Å². The van der Waals surface area contributed by atoms with Gasteiger partial charge in [-0.15, -0.1) is 10.2 Å². The summed E-state index contributed by atoms with van der Waals surface area (Å²) in [5.41, 5.74) is 3.52. The lowest BCUT2D eigenvalue weighted by Gasteiger charge is -2.08. The summed E-state index contributed by atoms with van der Waals surface area (Å²) in [4.78, 5) is 4.36. The molecular formula is C16H19N5OS2. The molecule has 0 spiro atoms. The third kappa shape index (κ3) is 3.93. The molecule has 0 bridgehead atoms. The Morgan fingerprint density at radius 1 is 1.25 bits per heavy atom. The maximum Gasteiger partial charge on any atom is 0.237 e. The highest BCUT2D eigenvalue weighted by molar-refractivity contribution is 8.00. The molecule has 126 valence electrons. The minimum absolute atomic E-state index is 0.266. The molecule has 0 saturated heterocycles. The maximum absolute atomic E-state index is 5.24. The Balaban J connectivity index is 1.62. The number of aryl methyl sites for hydroxylation is 1. The van der Waals surface area contributed by atoms with Crippen LogP contribution in [0.25, 0.3) is 0 Å². The van der Waals surface area contributed by atoms with Gasteiger partial charge in [0.1, 0.15) is 0 Å². The van der Waals surface area contributed by atoms with E-state index in [-0.39, 0.29) is 5.92 Å². The minimum Gasteiger partial charge on any atom is -0.338 e. The number of nitrogens with zero attached hydrogens (tertiary/aromatic N) is 4. The summed E-state index contributed by atoms with van der Waals surface area (Å²) in [6, 6.07) is 6.17. The van der Waals surface area contributed by atoms with Crippen molar-refractivity contribution in [2.75, 3.05) is 5.32 Å². The van der Waals surface area contributed by atoms with Gasteiger partial charge in [0.25, 0.3) is 0 Å². The Kier molecular flexibility index (Phi) is 5.15. The largest absolute Gasteiger partial charge is 0.338 e. The smallest absolute Gasteiger partial charge is 0.237 e. The van der Waals surface area contributed by atoms with Crippen molar-refractivity contribution in [2.24, 2.45) is 0 Å². The molecule has 0 saturated carbocycles. The molecule has 0 aliphatic carbocycles.